The fourth-order valence-corrected chi connectivity index (χ4v) is 1.94. The van der Waals surface area contributed by atoms with E-state index in [9.17, 15) is 4.79 Å². The number of rotatable bonds is 3. The van der Waals surface area contributed by atoms with Gasteiger partial charge in [0.25, 0.3) is 0 Å². The quantitative estimate of drug-likeness (QED) is 0.707. The predicted molar refractivity (Wildman–Crippen MR) is 61.5 cm³/mol. The smallest absolute Gasteiger partial charge is 0.190 e. The number of hydrogen-bond donors (Lipinski definition) is 0. The van der Waals surface area contributed by atoms with Crippen molar-refractivity contribution in [1.82, 2.24) is 0 Å². The van der Waals surface area contributed by atoms with Gasteiger partial charge in [-0.3, -0.25) is 4.79 Å². The van der Waals surface area contributed by atoms with E-state index in [1.54, 1.807) is 6.92 Å². The molecule has 0 aliphatic rings. The average molecular weight is 208 g/mol. The Hall–Kier alpha value is -0.760. The largest absolute Gasteiger partial charge is 0.287 e. The Labute approximate surface area is 89.9 Å². The minimum absolute atomic E-state index is 0.140. The topological polar surface area (TPSA) is 17.1 Å². The van der Waals surface area contributed by atoms with Crippen molar-refractivity contribution in [2.75, 3.05) is 0 Å². The second-order valence-electron chi connectivity index (χ2n) is 3.84. The number of benzene rings is 1. The molecule has 1 aromatic carbocycles. The Bertz CT molecular complexity index is 301. The highest BCUT2D eigenvalue weighted by molar-refractivity contribution is 8.13. The second-order valence-corrected chi connectivity index (χ2v) is 5.09. The SMILES string of the molecule is CC(=O)Sc1ccc(CC(C)C)cc1. The Morgan fingerprint density at radius 3 is 2.29 bits per heavy atom. The molecule has 0 amide bonds. The van der Waals surface area contributed by atoms with Crippen LogP contribution in [0.3, 0.4) is 0 Å². The van der Waals surface area contributed by atoms with Gasteiger partial charge in [-0.1, -0.05) is 37.7 Å². The van der Waals surface area contributed by atoms with E-state index in [2.05, 4.69) is 26.0 Å². The summed E-state index contributed by atoms with van der Waals surface area (Å²) in [5.74, 6) is 0.682. The van der Waals surface area contributed by atoms with Gasteiger partial charge in [0.05, 0.1) is 0 Å². The molecule has 0 aliphatic heterocycles. The highest BCUT2D eigenvalue weighted by Gasteiger charge is 2.00. The third-order valence-electron chi connectivity index (χ3n) is 1.83. The summed E-state index contributed by atoms with van der Waals surface area (Å²) in [6, 6.07) is 8.24. The molecule has 0 atom stereocenters. The maximum absolute atomic E-state index is 10.8. The number of carbonyl (C=O) groups excluding carboxylic acids is 1. The zero-order valence-electron chi connectivity index (χ0n) is 8.91. The van der Waals surface area contributed by atoms with Crippen LogP contribution in [-0.2, 0) is 11.2 Å². The minimum atomic E-state index is 0.140. The van der Waals surface area contributed by atoms with Crippen LogP contribution in [0, 0.1) is 5.92 Å². The molecule has 2 heteroatoms. The van der Waals surface area contributed by atoms with E-state index in [4.69, 9.17) is 0 Å². The maximum Gasteiger partial charge on any atom is 0.190 e. The lowest BCUT2D eigenvalue weighted by Gasteiger charge is -2.05. The van der Waals surface area contributed by atoms with E-state index in [0.29, 0.717) is 5.92 Å². The molecule has 1 aromatic rings. The fraction of sp³-hybridized carbons (Fsp3) is 0.417. The van der Waals surface area contributed by atoms with Crippen LogP contribution in [0.25, 0.3) is 0 Å². The van der Waals surface area contributed by atoms with Gasteiger partial charge in [-0.25, -0.2) is 0 Å². The van der Waals surface area contributed by atoms with Gasteiger partial charge in [0, 0.05) is 11.8 Å². The molecule has 0 unspecified atom stereocenters. The van der Waals surface area contributed by atoms with Gasteiger partial charge in [0.2, 0.25) is 0 Å². The Balaban J connectivity index is 2.63. The molecule has 1 rings (SSSR count). The Morgan fingerprint density at radius 1 is 1.29 bits per heavy atom. The molecule has 0 spiro atoms. The summed E-state index contributed by atoms with van der Waals surface area (Å²) in [5.41, 5.74) is 1.34. The minimum Gasteiger partial charge on any atom is -0.287 e. The summed E-state index contributed by atoms with van der Waals surface area (Å²) in [6.45, 7) is 6.00. The van der Waals surface area contributed by atoms with Crippen molar-refractivity contribution >= 4 is 16.9 Å². The summed E-state index contributed by atoms with van der Waals surface area (Å²) in [7, 11) is 0. The maximum atomic E-state index is 10.8. The standard InChI is InChI=1S/C12H16OS/c1-9(2)8-11-4-6-12(7-5-11)14-10(3)13/h4-7,9H,8H2,1-3H3. The van der Waals surface area contributed by atoms with Crippen molar-refractivity contribution in [1.29, 1.82) is 0 Å². The van der Waals surface area contributed by atoms with E-state index >= 15 is 0 Å². The van der Waals surface area contributed by atoms with Crippen molar-refractivity contribution < 1.29 is 4.79 Å². The molecule has 76 valence electrons. The number of thioether (sulfide) groups is 1. The van der Waals surface area contributed by atoms with E-state index in [0.717, 1.165) is 11.3 Å². The third-order valence-corrected chi connectivity index (χ3v) is 2.62. The van der Waals surface area contributed by atoms with Crippen LogP contribution in [0.5, 0.6) is 0 Å². The van der Waals surface area contributed by atoms with Crippen molar-refractivity contribution in [3.05, 3.63) is 29.8 Å². The molecule has 0 radical (unpaired) electrons. The van der Waals surface area contributed by atoms with Crippen LogP contribution in [-0.4, -0.2) is 5.12 Å². The first kappa shape index (κ1) is 11.3. The Kier molecular flexibility index (Phi) is 4.21. The first-order chi connectivity index (χ1) is 6.58. The molecule has 0 bridgehead atoms. The molecule has 14 heavy (non-hydrogen) atoms. The number of carbonyl (C=O) groups is 1. The first-order valence-corrected chi connectivity index (χ1v) is 5.67. The molecular weight excluding hydrogens is 192 g/mol. The van der Waals surface area contributed by atoms with E-state index in [-0.39, 0.29) is 5.12 Å². The zero-order valence-corrected chi connectivity index (χ0v) is 9.73. The third kappa shape index (κ3) is 3.97. The van der Waals surface area contributed by atoms with Gasteiger partial charge >= 0.3 is 0 Å². The van der Waals surface area contributed by atoms with Crippen LogP contribution in [0.2, 0.25) is 0 Å². The zero-order chi connectivity index (χ0) is 10.6. The van der Waals surface area contributed by atoms with E-state index in [1.807, 2.05) is 12.1 Å². The van der Waals surface area contributed by atoms with Crippen LogP contribution < -0.4 is 0 Å². The van der Waals surface area contributed by atoms with Gasteiger partial charge in [-0.2, -0.15) is 0 Å². The van der Waals surface area contributed by atoms with Crippen LogP contribution in [0.4, 0.5) is 0 Å². The molecule has 0 N–H and O–H groups in total. The molecule has 0 aliphatic carbocycles. The molecule has 0 fully saturated rings. The van der Waals surface area contributed by atoms with Crippen molar-refractivity contribution in [2.24, 2.45) is 5.92 Å². The summed E-state index contributed by atoms with van der Waals surface area (Å²) in [4.78, 5) is 11.9. The van der Waals surface area contributed by atoms with Gasteiger partial charge in [0.15, 0.2) is 5.12 Å². The number of hydrogen-bond acceptors (Lipinski definition) is 2. The summed E-state index contributed by atoms with van der Waals surface area (Å²) in [5, 5.41) is 0.140. The van der Waals surface area contributed by atoms with Gasteiger partial charge in [-0.05, 0) is 30.0 Å². The van der Waals surface area contributed by atoms with Crippen LogP contribution >= 0.6 is 11.8 Å². The lowest BCUT2D eigenvalue weighted by atomic mass is 10.0. The molecule has 1 nitrogen and oxygen atoms in total. The Morgan fingerprint density at radius 2 is 1.86 bits per heavy atom. The average Bonchev–Trinajstić information content (AvgIpc) is 2.06. The molecule has 0 saturated carbocycles. The fourth-order valence-electron chi connectivity index (χ4n) is 1.33. The predicted octanol–water partition coefficient (Wildman–Crippen LogP) is 3.52. The first-order valence-electron chi connectivity index (χ1n) is 4.85. The van der Waals surface area contributed by atoms with Crippen LogP contribution in [0.15, 0.2) is 29.2 Å². The highest BCUT2D eigenvalue weighted by atomic mass is 32.2. The molecular formula is C12H16OS. The van der Waals surface area contributed by atoms with E-state index in [1.165, 1.54) is 17.3 Å². The summed E-state index contributed by atoms with van der Waals surface area (Å²) >= 11 is 1.29. The lowest BCUT2D eigenvalue weighted by Crippen LogP contribution is -1.93. The molecule has 0 aromatic heterocycles. The monoisotopic (exact) mass is 208 g/mol. The lowest BCUT2D eigenvalue weighted by molar-refractivity contribution is -0.109. The van der Waals surface area contributed by atoms with E-state index < -0.39 is 0 Å². The molecule has 0 heterocycles. The van der Waals surface area contributed by atoms with Gasteiger partial charge in [-0.15, -0.1) is 0 Å². The van der Waals surface area contributed by atoms with Crippen molar-refractivity contribution in [3.8, 4) is 0 Å². The summed E-state index contributed by atoms with van der Waals surface area (Å²) in [6.07, 6.45) is 1.10. The molecule has 0 saturated heterocycles. The van der Waals surface area contributed by atoms with Crippen LogP contribution in [0.1, 0.15) is 26.3 Å². The highest BCUT2D eigenvalue weighted by Crippen LogP contribution is 2.19. The van der Waals surface area contributed by atoms with Crippen molar-refractivity contribution in [3.63, 3.8) is 0 Å². The van der Waals surface area contributed by atoms with Gasteiger partial charge in [0.1, 0.15) is 0 Å². The normalized spacial score (nSPS) is 10.6. The van der Waals surface area contributed by atoms with Crippen molar-refractivity contribution in [2.45, 2.75) is 32.1 Å². The van der Waals surface area contributed by atoms with Gasteiger partial charge < -0.3 is 0 Å². The summed E-state index contributed by atoms with van der Waals surface area (Å²) < 4.78 is 0. The second kappa shape index (κ2) is 5.20.